The standard InChI is InChI=1S/C21H30N4O.HI/c1-5-22-21(23-12-11-18-9-8-17(4)24-14-18)25-15-19-10-7-16(3)13-20(19)26-6-2;/h7-10,13-14H,5-6,11-12,15H2,1-4H3,(H2,22,23,25);1H. The Bertz CT molecular complexity index is 717. The Kier molecular flexibility index (Phi) is 10.8. The topological polar surface area (TPSA) is 58.5 Å². The van der Waals surface area contributed by atoms with Crippen molar-refractivity contribution in [1.82, 2.24) is 15.6 Å². The highest BCUT2D eigenvalue weighted by atomic mass is 127. The Hall–Kier alpha value is -1.83. The molecule has 0 unspecified atom stereocenters. The SMILES string of the molecule is CCNC(=NCc1ccc(C)cc1OCC)NCCc1ccc(C)nc1.I. The number of hydrogen-bond donors (Lipinski definition) is 2. The lowest BCUT2D eigenvalue weighted by molar-refractivity contribution is 0.336. The number of nitrogens with one attached hydrogen (secondary N) is 2. The summed E-state index contributed by atoms with van der Waals surface area (Å²) < 4.78 is 5.74. The quantitative estimate of drug-likeness (QED) is 0.339. The van der Waals surface area contributed by atoms with Crippen molar-refractivity contribution in [2.75, 3.05) is 19.7 Å². The first-order chi connectivity index (χ1) is 12.6. The summed E-state index contributed by atoms with van der Waals surface area (Å²) in [5.41, 5.74) is 4.55. The molecule has 0 saturated carbocycles. The largest absolute Gasteiger partial charge is 0.494 e. The van der Waals surface area contributed by atoms with Crippen LogP contribution < -0.4 is 15.4 Å². The Balaban J connectivity index is 0.00000364. The van der Waals surface area contributed by atoms with Crippen LogP contribution in [0.1, 0.15) is 36.2 Å². The van der Waals surface area contributed by atoms with Gasteiger partial charge in [0.2, 0.25) is 0 Å². The van der Waals surface area contributed by atoms with Crippen molar-refractivity contribution in [2.24, 2.45) is 4.99 Å². The maximum atomic E-state index is 5.74. The fourth-order valence-corrected chi connectivity index (χ4v) is 2.56. The normalized spacial score (nSPS) is 10.9. The molecule has 0 atom stereocenters. The number of aliphatic imine (C=N–C) groups is 1. The highest BCUT2D eigenvalue weighted by molar-refractivity contribution is 14.0. The molecule has 0 radical (unpaired) electrons. The van der Waals surface area contributed by atoms with Crippen molar-refractivity contribution in [1.29, 1.82) is 0 Å². The highest BCUT2D eigenvalue weighted by Crippen LogP contribution is 2.21. The third-order valence-electron chi connectivity index (χ3n) is 3.95. The van der Waals surface area contributed by atoms with Crippen LogP contribution in [0, 0.1) is 13.8 Å². The van der Waals surface area contributed by atoms with Gasteiger partial charge >= 0.3 is 0 Å². The van der Waals surface area contributed by atoms with Crippen molar-refractivity contribution in [2.45, 2.75) is 40.7 Å². The second kappa shape index (κ2) is 12.5. The molecule has 1 heterocycles. The highest BCUT2D eigenvalue weighted by Gasteiger charge is 2.05. The van der Waals surface area contributed by atoms with E-state index in [0.717, 1.165) is 42.5 Å². The van der Waals surface area contributed by atoms with E-state index in [0.29, 0.717) is 13.2 Å². The van der Waals surface area contributed by atoms with Gasteiger partial charge in [0, 0.05) is 30.5 Å². The van der Waals surface area contributed by atoms with Crippen LogP contribution in [0.5, 0.6) is 5.75 Å². The molecule has 27 heavy (non-hydrogen) atoms. The summed E-state index contributed by atoms with van der Waals surface area (Å²) in [5, 5.41) is 6.68. The second-order valence-electron chi connectivity index (χ2n) is 6.22. The van der Waals surface area contributed by atoms with Gasteiger partial charge in [0.05, 0.1) is 13.2 Å². The van der Waals surface area contributed by atoms with Crippen molar-refractivity contribution >= 4 is 29.9 Å². The number of halogens is 1. The van der Waals surface area contributed by atoms with Crippen LogP contribution in [0.3, 0.4) is 0 Å². The zero-order valence-electron chi connectivity index (χ0n) is 16.7. The summed E-state index contributed by atoms with van der Waals surface area (Å²) >= 11 is 0. The first kappa shape index (κ1) is 23.2. The molecular formula is C21H31IN4O. The number of aromatic nitrogens is 1. The molecule has 2 N–H and O–H groups in total. The molecule has 5 nitrogen and oxygen atoms in total. The molecule has 2 rings (SSSR count). The monoisotopic (exact) mass is 482 g/mol. The van der Waals surface area contributed by atoms with Crippen molar-refractivity contribution < 1.29 is 4.74 Å². The summed E-state index contributed by atoms with van der Waals surface area (Å²) in [4.78, 5) is 9.04. The van der Waals surface area contributed by atoms with E-state index in [1.165, 1.54) is 11.1 Å². The fraction of sp³-hybridized carbons (Fsp3) is 0.429. The molecule has 0 spiro atoms. The first-order valence-electron chi connectivity index (χ1n) is 9.28. The molecule has 1 aromatic carbocycles. The van der Waals surface area contributed by atoms with Crippen LogP contribution in [0.2, 0.25) is 0 Å². The molecule has 2 aromatic rings. The smallest absolute Gasteiger partial charge is 0.191 e. The number of aryl methyl sites for hydroxylation is 2. The minimum absolute atomic E-state index is 0. The van der Waals surface area contributed by atoms with E-state index in [9.17, 15) is 0 Å². The van der Waals surface area contributed by atoms with E-state index >= 15 is 0 Å². The molecular weight excluding hydrogens is 451 g/mol. The van der Waals surface area contributed by atoms with E-state index in [4.69, 9.17) is 9.73 Å². The van der Waals surface area contributed by atoms with Gasteiger partial charge in [0.1, 0.15) is 5.75 Å². The third-order valence-corrected chi connectivity index (χ3v) is 3.95. The Labute approximate surface area is 180 Å². The van der Waals surface area contributed by atoms with Gasteiger partial charge in [-0.1, -0.05) is 18.2 Å². The number of guanidine groups is 1. The molecule has 0 aliphatic heterocycles. The number of pyridine rings is 1. The van der Waals surface area contributed by atoms with Gasteiger partial charge < -0.3 is 15.4 Å². The number of hydrogen-bond acceptors (Lipinski definition) is 3. The fourth-order valence-electron chi connectivity index (χ4n) is 2.56. The van der Waals surface area contributed by atoms with Crippen LogP contribution >= 0.6 is 24.0 Å². The Morgan fingerprint density at radius 3 is 2.59 bits per heavy atom. The summed E-state index contributed by atoms with van der Waals surface area (Å²) in [7, 11) is 0. The first-order valence-corrected chi connectivity index (χ1v) is 9.28. The van der Waals surface area contributed by atoms with Crippen molar-refractivity contribution in [3.05, 3.63) is 58.9 Å². The van der Waals surface area contributed by atoms with Crippen LogP contribution in [0.4, 0.5) is 0 Å². The van der Waals surface area contributed by atoms with E-state index in [-0.39, 0.29) is 24.0 Å². The predicted molar refractivity (Wildman–Crippen MR) is 123 cm³/mol. The van der Waals surface area contributed by atoms with Crippen LogP contribution in [0.25, 0.3) is 0 Å². The summed E-state index contributed by atoms with van der Waals surface area (Å²) in [5.74, 6) is 1.73. The van der Waals surface area contributed by atoms with Gasteiger partial charge in [-0.2, -0.15) is 0 Å². The third kappa shape index (κ3) is 8.15. The number of ether oxygens (including phenoxy) is 1. The second-order valence-corrected chi connectivity index (χ2v) is 6.22. The number of benzene rings is 1. The van der Waals surface area contributed by atoms with E-state index in [1.54, 1.807) is 0 Å². The van der Waals surface area contributed by atoms with Crippen molar-refractivity contribution in [3.8, 4) is 5.75 Å². The number of rotatable bonds is 8. The zero-order chi connectivity index (χ0) is 18.8. The summed E-state index contributed by atoms with van der Waals surface area (Å²) in [6.07, 6.45) is 2.84. The maximum Gasteiger partial charge on any atom is 0.191 e. The van der Waals surface area contributed by atoms with Crippen molar-refractivity contribution in [3.63, 3.8) is 0 Å². The van der Waals surface area contributed by atoms with Gasteiger partial charge in [0.15, 0.2) is 5.96 Å². The lowest BCUT2D eigenvalue weighted by atomic mass is 10.1. The Morgan fingerprint density at radius 2 is 1.93 bits per heavy atom. The van der Waals surface area contributed by atoms with Gasteiger partial charge in [-0.25, -0.2) is 4.99 Å². The molecule has 0 aliphatic carbocycles. The van der Waals surface area contributed by atoms with Crippen LogP contribution in [-0.4, -0.2) is 30.6 Å². The average Bonchev–Trinajstić information content (AvgIpc) is 2.63. The van der Waals surface area contributed by atoms with Gasteiger partial charge in [0.25, 0.3) is 0 Å². The molecule has 148 valence electrons. The molecule has 0 saturated heterocycles. The molecule has 6 heteroatoms. The molecule has 0 fully saturated rings. The van der Waals surface area contributed by atoms with Gasteiger partial charge in [-0.3, -0.25) is 4.98 Å². The number of nitrogens with zero attached hydrogens (tertiary/aromatic N) is 2. The summed E-state index contributed by atoms with van der Waals surface area (Å²) in [6.45, 7) is 11.0. The maximum absolute atomic E-state index is 5.74. The average molecular weight is 482 g/mol. The molecule has 0 aliphatic rings. The molecule has 0 bridgehead atoms. The lowest BCUT2D eigenvalue weighted by Crippen LogP contribution is -2.38. The minimum Gasteiger partial charge on any atom is -0.494 e. The lowest BCUT2D eigenvalue weighted by Gasteiger charge is -2.13. The predicted octanol–water partition coefficient (Wildman–Crippen LogP) is 4.01. The van der Waals surface area contributed by atoms with E-state index < -0.39 is 0 Å². The van der Waals surface area contributed by atoms with E-state index in [1.807, 2.05) is 26.1 Å². The van der Waals surface area contributed by atoms with Gasteiger partial charge in [-0.05, 0) is 57.4 Å². The van der Waals surface area contributed by atoms with Gasteiger partial charge in [-0.15, -0.1) is 24.0 Å². The molecule has 0 amide bonds. The minimum atomic E-state index is 0. The van der Waals surface area contributed by atoms with Crippen LogP contribution in [-0.2, 0) is 13.0 Å². The summed E-state index contributed by atoms with van der Waals surface area (Å²) in [6, 6.07) is 10.4. The zero-order valence-corrected chi connectivity index (χ0v) is 19.0. The van der Waals surface area contributed by atoms with Crippen LogP contribution in [0.15, 0.2) is 41.5 Å². The van der Waals surface area contributed by atoms with E-state index in [2.05, 4.69) is 53.7 Å². The Morgan fingerprint density at radius 1 is 1.11 bits per heavy atom. The molecule has 1 aromatic heterocycles.